The molecule has 0 atom stereocenters. The second-order valence-corrected chi connectivity index (χ2v) is 4.44. The summed E-state index contributed by atoms with van der Waals surface area (Å²) in [4.78, 5) is 11.8. The van der Waals surface area contributed by atoms with E-state index >= 15 is 0 Å². The maximum atomic E-state index is 11.8. The SMILES string of the molecule is CCCc1c(C(=O)OCC)nnn1Cc1cc(C)on1. The summed E-state index contributed by atoms with van der Waals surface area (Å²) in [5.74, 6) is 0.307. The monoisotopic (exact) mass is 278 g/mol. The first-order valence-electron chi connectivity index (χ1n) is 6.67. The molecule has 2 rings (SSSR count). The normalized spacial score (nSPS) is 10.8. The Balaban J connectivity index is 2.26. The van der Waals surface area contributed by atoms with Gasteiger partial charge in [-0.05, 0) is 20.3 Å². The minimum Gasteiger partial charge on any atom is -0.461 e. The van der Waals surface area contributed by atoms with E-state index in [1.165, 1.54) is 0 Å². The fourth-order valence-corrected chi connectivity index (χ4v) is 1.95. The lowest BCUT2D eigenvalue weighted by molar-refractivity contribution is 0.0518. The van der Waals surface area contributed by atoms with Crippen LogP contribution in [0.5, 0.6) is 0 Å². The molecule has 2 heterocycles. The lowest BCUT2D eigenvalue weighted by Crippen LogP contribution is -2.11. The molecule has 0 amide bonds. The Morgan fingerprint density at radius 2 is 2.25 bits per heavy atom. The van der Waals surface area contributed by atoms with Gasteiger partial charge < -0.3 is 9.26 Å². The van der Waals surface area contributed by atoms with Crippen molar-refractivity contribution in [3.05, 3.63) is 28.9 Å². The molecular formula is C13H18N4O3. The molecule has 2 aromatic rings. The number of carbonyl (C=O) groups is 1. The summed E-state index contributed by atoms with van der Waals surface area (Å²) in [6, 6.07) is 1.83. The standard InChI is InChI=1S/C13H18N4O3/c1-4-6-11-12(13(18)19-5-2)14-16-17(11)8-10-7-9(3)20-15-10/h7H,4-6,8H2,1-3H3. The summed E-state index contributed by atoms with van der Waals surface area (Å²) < 4.78 is 11.7. The molecule has 0 radical (unpaired) electrons. The van der Waals surface area contributed by atoms with Crippen molar-refractivity contribution in [2.24, 2.45) is 0 Å². The molecule has 0 saturated heterocycles. The van der Waals surface area contributed by atoms with E-state index in [2.05, 4.69) is 15.5 Å². The van der Waals surface area contributed by atoms with Crippen LogP contribution in [0.4, 0.5) is 0 Å². The van der Waals surface area contributed by atoms with Gasteiger partial charge in [0.2, 0.25) is 0 Å². The highest BCUT2D eigenvalue weighted by molar-refractivity contribution is 5.88. The highest BCUT2D eigenvalue weighted by Crippen LogP contribution is 2.12. The van der Waals surface area contributed by atoms with Crippen molar-refractivity contribution in [1.29, 1.82) is 0 Å². The topological polar surface area (TPSA) is 83.0 Å². The van der Waals surface area contributed by atoms with Crippen LogP contribution in [0.1, 0.15) is 47.9 Å². The van der Waals surface area contributed by atoms with Crippen LogP contribution in [0.15, 0.2) is 10.6 Å². The Labute approximate surface area is 116 Å². The second-order valence-electron chi connectivity index (χ2n) is 4.44. The number of esters is 1. The molecule has 7 nitrogen and oxygen atoms in total. The second kappa shape index (κ2) is 6.31. The zero-order chi connectivity index (χ0) is 14.5. The first-order valence-corrected chi connectivity index (χ1v) is 6.67. The van der Waals surface area contributed by atoms with Crippen molar-refractivity contribution in [2.75, 3.05) is 6.61 Å². The minimum atomic E-state index is -0.432. The Morgan fingerprint density at radius 1 is 1.45 bits per heavy atom. The Morgan fingerprint density at radius 3 is 2.85 bits per heavy atom. The van der Waals surface area contributed by atoms with E-state index in [0.717, 1.165) is 23.6 Å². The quantitative estimate of drug-likeness (QED) is 0.749. The summed E-state index contributed by atoms with van der Waals surface area (Å²) in [5.41, 5.74) is 1.81. The third-order valence-electron chi connectivity index (χ3n) is 2.78. The Kier molecular flexibility index (Phi) is 4.49. The smallest absolute Gasteiger partial charge is 0.360 e. The van der Waals surface area contributed by atoms with Crippen LogP contribution in [-0.2, 0) is 17.7 Å². The first-order chi connectivity index (χ1) is 9.65. The Hall–Kier alpha value is -2.18. The molecule has 0 aliphatic carbocycles. The zero-order valence-electron chi connectivity index (χ0n) is 11.9. The molecule has 0 unspecified atom stereocenters. The third-order valence-corrected chi connectivity index (χ3v) is 2.78. The average Bonchev–Trinajstić information content (AvgIpc) is 2.99. The fraction of sp³-hybridized carbons (Fsp3) is 0.538. The van der Waals surface area contributed by atoms with Crippen LogP contribution in [0, 0.1) is 6.92 Å². The van der Waals surface area contributed by atoms with E-state index < -0.39 is 5.97 Å². The van der Waals surface area contributed by atoms with Crippen LogP contribution >= 0.6 is 0 Å². The summed E-state index contributed by atoms with van der Waals surface area (Å²) in [6.45, 7) is 6.38. The van der Waals surface area contributed by atoms with Crippen molar-refractivity contribution >= 4 is 5.97 Å². The molecule has 0 aliphatic heterocycles. The van der Waals surface area contributed by atoms with Crippen LogP contribution in [0.25, 0.3) is 0 Å². The van der Waals surface area contributed by atoms with Gasteiger partial charge in [0.25, 0.3) is 0 Å². The molecular weight excluding hydrogens is 260 g/mol. The van der Waals surface area contributed by atoms with Gasteiger partial charge >= 0.3 is 5.97 Å². The highest BCUT2D eigenvalue weighted by Gasteiger charge is 2.20. The van der Waals surface area contributed by atoms with Crippen molar-refractivity contribution in [2.45, 2.75) is 40.2 Å². The molecule has 0 aliphatic rings. The highest BCUT2D eigenvalue weighted by atomic mass is 16.5. The molecule has 0 aromatic carbocycles. The van der Waals surface area contributed by atoms with Gasteiger partial charge in [0.15, 0.2) is 5.69 Å². The van der Waals surface area contributed by atoms with Gasteiger partial charge in [-0.1, -0.05) is 23.7 Å². The predicted octanol–water partition coefficient (Wildman–Crippen LogP) is 1.75. The minimum absolute atomic E-state index is 0.286. The van der Waals surface area contributed by atoms with Crippen molar-refractivity contribution in [1.82, 2.24) is 20.2 Å². The van der Waals surface area contributed by atoms with E-state index in [9.17, 15) is 4.79 Å². The fourth-order valence-electron chi connectivity index (χ4n) is 1.95. The molecule has 0 spiro atoms. The molecule has 2 aromatic heterocycles. The van der Waals surface area contributed by atoms with Crippen molar-refractivity contribution < 1.29 is 14.1 Å². The van der Waals surface area contributed by atoms with E-state index in [0.29, 0.717) is 19.6 Å². The zero-order valence-corrected chi connectivity index (χ0v) is 11.9. The van der Waals surface area contributed by atoms with Crippen LogP contribution in [-0.4, -0.2) is 32.7 Å². The van der Waals surface area contributed by atoms with E-state index in [1.54, 1.807) is 11.6 Å². The first kappa shape index (κ1) is 14.2. The summed E-state index contributed by atoms with van der Waals surface area (Å²) in [5, 5.41) is 11.9. The maximum absolute atomic E-state index is 11.8. The molecule has 0 N–H and O–H groups in total. The van der Waals surface area contributed by atoms with Gasteiger partial charge in [0.05, 0.1) is 18.8 Å². The molecule has 0 saturated carbocycles. The number of hydrogen-bond acceptors (Lipinski definition) is 6. The van der Waals surface area contributed by atoms with E-state index in [1.807, 2.05) is 19.9 Å². The van der Waals surface area contributed by atoms with Gasteiger partial charge in [-0.15, -0.1) is 5.10 Å². The number of carbonyl (C=O) groups excluding carboxylic acids is 1. The molecule has 108 valence electrons. The largest absolute Gasteiger partial charge is 0.461 e. The number of nitrogens with zero attached hydrogens (tertiary/aromatic N) is 4. The average molecular weight is 278 g/mol. The molecule has 20 heavy (non-hydrogen) atoms. The molecule has 0 fully saturated rings. The van der Waals surface area contributed by atoms with Gasteiger partial charge in [0.1, 0.15) is 11.5 Å². The van der Waals surface area contributed by atoms with Gasteiger partial charge in [-0.25, -0.2) is 9.48 Å². The molecule has 0 bridgehead atoms. The number of hydrogen-bond donors (Lipinski definition) is 0. The Bertz CT molecular complexity index is 588. The van der Waals surface area contributed by atoms with Crippen molar-refractivity contribution in [3.8, 4) is 0 Å². The number of ether oxygens (including phenoxy) is 1. The van der Waals surface area contributed by atoms with E-state index in [-0.39, 0.29) is 5.69 Å². The van der Waals surface area contributed by atoms with Gasteiger partial charge in [-0.2, -0.15) is 0 Å². The van der Waals surface area contributed by atoms with Crippen LogP contribution < -0.4 is 0 Å². The molecule has 7 heteroatoms. The summed E-state index contributed by atoms with van der Waals surface area (Å²) in [6.07, 6.45) is 1.59. The van der Waals surface area contributed by atoms with Crippen LogP contribution in [0.3, 0.4) is 0 Å². The number of aromatic nitrogens is 4. The van der Waals surface area contributed by atoms with Crippen LogP contribution in [0.2, 0.25) is 0 Å². The lowest BCUT2D eigenvalue weighted by Gasteiger charge is -2.05. The van der Waals surface area contributed by atoms with E-state index in [4.69, 9.17) is 9.26 Å². The maximum Gasteiger partial charge on any atom is 0.360 e. The number of aryl methyl sites for hydroxylation is 1. The number of rotatable bonds is 6. The van der Waals surface area contributed by atoms with Crippen molar-refractivity contribution in [3.63, 3.8) is 0 Å². The summed E-state index contributed by atoms with van der Waals surface area (Å²) >= 11 is 0. The van der Waals surface area contributed by atoms with Gasteiger partial charge in [0, 0.05) is 6.07 Å². The lowest BCUT2D eigenvalue weighted by atomic mass is 10.2. The van der Waals surface area contributed by atoms with Gasteiger partial charge in [-0.3, -0.25) is 0 Å². The predicted molar refractivity (Wildman–Crippen MR) is 70.3 cm³/mol. The summed E-state index contributed by atoms with van der Waals surface area (Å²) in [7, 11) is 0. The third kappa shape index (κ3) is 3.04.